The minimum Gasteiger partial charge on any atom is -0.361 e. The Morgan fingerprint density at radius 3 is 2.81 bits per heavy atom. The van der Waals surface area contributed by atoms with Gasteiger partial charge in [0.15, 0.2) is 0 Å². The molecule has 142 valence electrons. The molecule has 1 heterocycles. The Labute approximate surface area is 167 Å². The first-order chi connectivity index (χ1) is 13.0. The monoisotopic (exact) mass is 407 g/mol. The van der Waals surface area contributed by atoms with Gasteiger partial charge < -0.3 is 15.6 Å². The van der Waals surface area contributed by atoms with Gasteiger partial charge in [0.25, 0.3) is 0 Å². The molecule has 27 heavy (non-hydrogen) atoms. The van der Waals surface area contributed by atoms with Crippen LogP contribution >= 0.6 is 23.2 Å². The van der Waals surface area contributed by atoms with Crippen molar-refractivity contribution in [3.8, 4) is 0 Å². The SMILES string of the molecule is C[C@H](NCC(=O)NCCc1c[nH]c2ccccc12)c1cc(F)c(Cl)cc1Cl. The van der Waals surface area contributed by atoms with Crippen LogP contribution in [0.3, 0.4) is 0 Å². The summed E-state index contributed by atoms with van der Waals surface area (Å²) in [6.45, 7) is 2.45. The molecule has 1 amide bonds. The highest BCUT2D eigenvalue weighted by molar-refractivity contribution is 6.35. The van der Waals surface area contributed by atoms with Gasteiger partial charge in [0.1, 0.15) is 5.82 Å². The largest absolute Gasteiger partial charge is 0.361 e. The summed E-state index contributed by atoms with van der Waals surface area (Å²) in [5.74, 6) is -0.667. The van der Waals surface area contributed by atoms with E-state index in [-0.39, 0.29) is 23.5 Å². The van der Waals surface area contributed by atoms with Crippen molar-refractivity contribution in [2.45, 2.75) is 19.4 Å². The quantitative estimate of drug-likeness (QED) is 0.500. The Hall–Kier alpha value is -2.08. The van der Waals surface area contributed by atoms with Crippen molar-refractivity contribution in [3.63, 3.8) is 0 Å². The van der Waals surface area contributed by atoms with Crippen molar-refractivity contribution in [3.05, 3.63) is 69.6 Å². The molecule has 3 rings (SSSR count). The number of hydrogen-bond acceptors (Lipinski definition) is 2. The molecule has 0 unspecified atom stereocenters. The number of halogens is 3. The highest BCUT2D eigenvalue weighted by Gasteiger charge is 2.14. The Morgan fingerprint density at radius 2 is 2.00 bits per heavy atom. The number of aromatic amines is 1. The van der Waals surface area contributed by atoms with Gasteiger partial charge in [-0.05, 0) is 42.7 Å². The third-order valence-corrected chi connectivity index (χ3v) is 5.08. The zero-order valence-electron chi connectivity index (χ0n) is 14.8. The molecule has 0 fully saturated rings. The number of H-pyrrole nitrogens is 1. The molecule has 3 aromatic rings. The maximum Gasteiger partial charge on any atom is 0.233 e. The summed E-state index contributed by atoms with van der Waals surface area (Å²) in [5.41, 5.74) is 2.81. The van der Waals surface area contributed by atoms with Gasteiger partial charge in [0, 0.05) is 34.7 Å². The maximum absolute atomic E-state index is 13.6. The second-order valence-corrected chi connectivity index (χ2v) is 7.16. The van der Waals surface area contributed by atoms with E-state index in [4.69, 9.17) is 23.2 Å². The molecule has 0 aliphatic heterocycles. The number of para-hydroxylation sites is 1. The van der Waals surface area contributed by atoms with E-state index < -0.39 is 5.82 Å². The topological polar surface area (TPSA) is 56.9 Å². The van der Waals surface area contributed by atoms with Crippen LogP contribution in [0.25, 0.3) is 10.9 Å². The summed E-state index contributed by atoms with van der Waals surface area (Å²) in [5, 5.41) is 7.44. The molecular weight excluding hydrogens is 388 g/mol. The number of amides is 1. The Morgan fingerprint density at radius 1 is 1.22 bits per heavy atom. The van der Waals surface area contributed by atoms with Crippen molar-refractivity contribution in [2.75, 3.05) is 13.1 Å². The number of fused-ring (bicyclic) bond motifs is 1. The van der Waals surface area contributed by atoms with Gasteiger partial charge in [0.2, 0.25) is 5.91 Å². The molecular formula is C20H20Cl2FN3O. The van der Waals surface area contributed by atoms with Crippen LogP contribution in [0.1, 0.15) is 24.1 Å². The third-order valence-electron chi connectivity index (χ3n) is 4.47. The first kappa shape index (κ1) is 19.7. The fourth-order valence-corrected chi connectivity index (χ4v) is 3.51. The Balaban J connectivity index is 1.48. The van der Waals surface area contributed by atoms with E-state index in [1.807, 2.05) is 31.3 Å². The fourth-order valence-electron chi connectivity index (χ4n) is 2.96. The summed E-state index contributed by atoms with van der Waals surface area (Å²) in [6, 6.07) is 10.4. The van der Waals surface area contributed by atoms with E-state index in [0.717, 1.165) is 22.9 Å². The lowest BCUT2D eigenvalue weighted by Gasteiger charge is -2.16. The molecule has 0 radical (unpaired) electrons. The van der Waals surface area contributed by atoms with Crippen molar-refractivity contribution in [2.24, 2.45) is 0 Å². The summed E-state index contributed by atoms with van der Waals surface area (Å²) in [7, 11) is 0. The van der Waals surface area contributed by atoms with Gasteiger partial charge >= 0.3 is 0 Å². The maximum atomic E-state index is 13.6. The standard InChI is InChI=1S/C20H20Cl2FN3O/c1-12(15-8-18(23)17(22)9-16(15)21)25-11-20(27)24-7-6-13-10-26-19-5-3-2-4-14(13)19/h2-5,8-10,12,25-26H,6-7,11H2,1H3,(H,24,27)/t12-/m0/s1. The van der Waals surface area contributed by atoms with E-state index in [1.54, 1.807) is 0 Å². The summed E-state index contributed by atoms with van der Waals surface area (Å²) in [6.07, 6.45) is 2.70. The number of benzene rings is 2. The summed E-state index contributed by atoms with van der Waals surface area (Å²) in [4.78, 5) is 15.3. The van der Waals surface area contributed by atoms with Crippen molar-refractivity contribution < 1.29 is 9.18 Å². The van der Waals surface area contributed by atoms with E-state index >= 15 is 0 Å². The van der Waals surface area contributed by atoms with Crippen LogP contribution in [0.15, 0.2) is 42.6 Å². The molecule has 1 atom stereocenters. The second kappa shape index (κ2) is 8.74. The van der Waals surface area contributed by atoms with Crippen LogP contribution in [-0.4, -0.2) is 24.0 Å². The normalized spacial score (nSPS) is 12.3. The lowest BCUT2D eigenvalue weighted by atomic mass is 10.1. The fraction of sp³-hybridized carbons (Fsp3) is 0.250. The van der Waals surface area contributed by atoms with Gasteiger partial charge in [-0.25, -0.2) is 4.39 Å². The molecule has 0 saturated heterocycles. The molecule has 0 bridgehead atoms. The number of nitrogens with one attached hydrogen (secondary N) is 3. The van der Waals surface area contributed by atoms with Gasteiger partial charge in [-0.2, -0.15) is 0 Å². The van der Waals surface area contributed by atoms with Gasteiger partial charge in [-0.15, -0.1) is 0 Å². The smallest absolute Gasteiger partial charge is 0.233 e. The highest BCUT2D eigenvalue weighted by Crippen LogP contribution is 2.28. The Kier molecular flexibility index (Phi) is 6.37. The van der Waals surface area contributed by atoms with E-state index in [2.05, 4.69) is 21.7 Å². The molecule has 0 saturated carbocycles. The molecule has 7 heteroatoms. The number of carbonyl (C=O) groups is 1. The first-order valence-corrected chi connectivity index (χ1v) is 9.41. The average molecular weight is 408 g/mol. The van der Waals surface area contributed by atoms with Crippen molar-refractivity contribution >= 4 is 40.0 Å². The van der Waals surface area contributed by atoms with E-state index in [1.165, 1.54) is 12.1 Å². The third kappa shape index (κ3) is 4.80. The van der Waals surface area contributed by atoms with Crippen LogP contribution in [-0.2, 0) is 11.2 Å². The van der Waals surface area contributed by atoms with Crippen molar-refractivity contribution in [1.29, 1.82) is 0 Å². The molecule has 1 aromatic heterocycles. The van der Waals surface area contributed by atoms with Gasteiger partial charge in [0.05, 0.1) is 11.6 Å². The van der Waals surface area contributed by atoms with Gasteiger partial charge in [-0.3, -0.25) is 4.79 Å². The first-order valence-electron chi connectivity index (χ1n) is 8.65. The minimum atomic E-state index is -0.534. The lowest BCUT2D eigenvalue weighted by molar-refractivity contribution is -0.120. The Bertz CT molecular complexity index is 958. The summed E-state index contributed by atoms with van der Waals surface area (Å²) < 4.78 is 13.6. The lowest BCUT2D eigenvalue weighted by Crippen LogP contribution is -2.36. The number of hydrogen-bond donors (Lipinski definition) is 3. The molecule has 0 aliphatic carbocycles. The van der Waals surface area contributed by atoms with Crippen molar-refractivity contribution in [1.82, 2.24) is 15.6 Å². The minimum absolute atomic E-state index is 0.0222. The predicted octanol–water partition coefficient (Wildman–Crippen LogP) is 4.62. The highest BCUT2D eigenvalue weighted by atomic mass is 35.5. The van der Waals surface area contributed by atoms with Crippen LogP contribution in [0.5, 0.6) is 0 Å². The van der Waals surface area contributed by atoms with Crippen LogP contribution in [0.4, 0.5) is 4.39 Å². The second-order valence-electron chi connectivity index (χ2n) is 6.35. The molecule has 3 N–H and O–H groups in total. The molecule has 0 aliphatic rings. The zero-order chi connectivity index (χ0) is 19.4. The number of carbonyl (C=O) groups excluding carboxylic acids is 1. The zero-order valence-corrected chi connectivity index (χ0v) is 16.3. The van der Waals surface area contributed by atoms with E-state index in [0.29, 0.717) is 17.1 Å². The van der Waals surface area contributed by atoms with E-state index in [9.17, 15) is 9.18 Å². The van der Waals surface area contributed by atoms with Gasteiger partial charge in [-0.1, -0.05) is 41.4 Å². The molecule has 4 nitrogen and oxygen atoms in total. The van der Waals surface area contributed by atoms with Crippen LogP contribution < -0.4 is 10.6 Å². The molecule has 2 aromatic carbocycles. The number of rotatable bonds is 7. The predicted molar refractivity (Wildman–Crippen MR) is 108 cm³/mol. The van der Waals surface area contributed by atoms with Crippen LogP contribution in [0, 0.1) is 5.82 Å². The number of aromatic nitrogens is 1. The average Bonchev–Trinajstić information content (AvgIpc) is 3.06. The molecule has 0 spiro atoms. The van der Waals surface area contributed by atoms with Crippen LogP contribution in [0.2, 0.25) is 10.0 Å². The summed E-state index contributed by atoms with van der Waals surface area (Å²) >= 11 is 11.8.